The lowest BCUT2D eigenvalue weighted by Gasteiger charge is -2.32. The zero-order chi connectivity index (χ0) is 13.2. The van der Waals surface area contributed by atoms with E-state index in [-0.39, 0.29) is 11.8 Å². The second-order valence-electron chi connectivity index (χ2n) is 4.85. The zero-order valence-electron chi connectivity index (χ0n) is 10.9. The van der Waals surface area contributed by atoms with Gasteiger partial charge in [0, 0.05) is 6.54 Å². The van der Waals surface area contributed by atoms with Crippen LogP contribution < -0.4 is 9.62 Å². The molecule has 1 N–H and O–H groups in total. The highest BCUT2D eigenvalue weighted by atomic mass is 32.2. The summed E-state index contributed by atoms with van der Waals surface area (Å²) in [5, 5.41) is 3.28. The van der Waals surface area contributed by atoms with E-state index in [1.165, 1.54) is 0 Å². The van der Waals surface area contributed by atoms with E-state index in [1.807, 2.05) is 38.1 Å². The van der Waals surface area contributed by atoms with E-state index >= 15 is 0 Å². The molecule has 1 aliphatic heterocycles. The fourth-order valence-electron chi connectivity index (χ4n) is 2.25. The number of nitrogens with zero attached hydrogens (tertiary/aromatic N) is 1. The van der Waals surface area contributed by atoms with E-state index in [9.17, 15) is 8.42 Å². The Hall–Kier alpha value is -1.07. The molecule has 1 aliphatic rings. The van der Waals surface area contributed by atoms with Crippen LogP contribution in [0.3, 0.4) is 0 Å². The van der Waals surface area contributed by atoms with Gasteiger partial charge in [0.15, 0.2) is 0 Å². The van der Waals surface area contributed by atoms with Crippen LogP contribution in [0.4, 0.5) is 5.69 Å². The number of nitrogens with one attached hydrogen (secondary N) is 1. The summed E-state index contributed by atoms with van der Waals surface area (Å²) in [6.45, 7) is 5.39. The highest BCUT2D eigenvalue weighted by Crippen LogP contribution is 2.23. The van der Waals surface area contributed by atoms with E-state index in [0.29, 0.717) is 13.0 Å². The minimum absolute atomic E-state index is 0.0574. The summed E-state index contributed by atoms with van der Waals surface area (Å²) < 4.78 is 26.3. The molecule has 1 atom stereocenters. The Balaban J connectivity index is 2.38. The number of hydrogen-bond donors (Lipinski definition) is 1. The highest BCUT2D eigenvalue weighted by Gasteiger charge is 2.28. The van der Waals surface area contributed by atoms with Crippen molar-refractivity contribution in [3.8, 4) is 0 Å². The average Bonchev–Trinajstić information content (AvgIpc) is 2.29. The third kappa shape index (κ3) is 2.84. The Bertz CT molecular complexity index is 496. The second-order valence-corrected chi connectivity index (χ2v) is 6.82. The zero-order valence-corrected chi connectivity index (χ0v) is 11.7. The monoisotopic (exact) mass is 268 g/mol. The van der Waals surface area contributed by atoms with Gasteiger partial charge in [-0.3, -0.25) is 4.31 Å². The molecule has 18 heavy (non-hydrogen) atoms. The van der Waals surface area contributed by atoms with Gasteiger partial charge in [0.05, 0.1) is 17.5 Å². The fraction of sp³-hybridized carbons (Fsp3) is 0.538. The van der Waals surface area contributed by atoms with E-state index in [4.69, 9.17) is 0 Å². The Kier molecular flexibility index (Phi) is 3.92. The molecule has 1 aromatic carbocycles. The van der Waals surface area contributed by atoms with Crippen molar-refractivity contribution in [3.05, 3.63) is 29.8 Å². The van der Waals surface area contributed by atoms with Crippen LogP contribution in [0.15, 0.2) is 24.3 Å². The first-order chi connectivity index (χ1) is 8.50. The molecule has 0 saturated carbocycles. The predicted molar refractivity (Wildman–Crippen MR) is 74.4 cm³/mol. The van der Waals surface area contributed by atoms with Crippen molar-refractivity contribution in [3.63, 3.8) is 0 Å². The molecule has 4 nitrogen and oxygen atoms in total. The number of rotatable bonds is 1. The van der Waals surface area contributed by atoms with Crippen molar-refractivity contribution in [1.82, 2.24) is 5.32 Å². The Morgan fingerprint density at radius 2 is 1.94 bits per heavy atom. The quantitative estimate of drug-likeness (QED) is 0.840. The first-order valence-electron chi connectivity index (χ1n) is 6.30. The molecule has 100 valence electrons. The number of hydrogen-bond acceptors (Lipinski definition) is 3. The molecular formula is C13H20N2O2S. The minimum Gasteiger partial charge on any atom is -0.315 e. The summed E-state index contributed by atoms with van der Waals surface area (Å²) in [6.07, 6.45) is 0.664. The van der Waals surface area contributed by atoms with Crippen LogP contribution in [-0.2, 0) is 10.0 Å². The molecule has 1 saturated heterocycles. The number of benzene rings is 1. The van der Waals surface area contributed by atoms with E-state index in [1.54, 1.807) is 4.31 Å². The molecule has 0 amide bonds. The van der Waals surface area contributed by atoms with Gasteiger partial charge >= 0.3 is 0 Å². The Morgan fingerprint density at radius 1 is 1.28 bits per heavy atom. The largest absolute Gasteiger partial charge is 0.315 e. The summed E-state index contributed by atoms with van der Waals surface area (Å²) in [4.78, 5) is 0. The third-order valence-corrected chi connectivity index (χ3v) is 5.16. The molecule has 1 fully saturated rings. The summed E-state index contributed by atoms with van der Waals surface area (Å²) >= 11 is 0. The maximum absolute atomic E-state index is 12.3. The summed E-state index contributed by atoms with van der Waals surface area (Å²) in [5.41, 5.74) is 1.89. The highest BCUT2D eigenvalue weighted by molar-refractivity contribution is 7.92. The molecule has 2 rings (SSSR count). The van der Waals surface area contributed by atoms with Crippen molar-refractivity contribution in [2.24, 2.45) is 0 Å². The van der Waals surface area contributed by atoms with Gasteiger partial charge in [0.1, 0.15) is 0 Å². The van der Waals surface area contributed by atoms with Gasteiger partial charge in [0.25, 0.3) is 0 Å². The molecule has 0 aliphatic carbocycles. The van der Waals surface area contributed by atoms with Crippen molar-refractivity contribution in [2.75, 3.05) is 23.1 Å². The predicted octanol–water partition coefficient (Wildman–Crippen LogP) is 1.51. The third-order valence-electron chi connectivity index (χ3n) is 3.18. The molecule has 1 aromatic rings. The maximum atomic E-state index is 12.3. The maximum Gasteiger partial charge on any atom is 0.235 e. The minimum atomic E-state index is -3.21. The molecule has 0 aromatic heterocycles. The molecule has 1 unspecified atom stereocenters. The van der Waals surface area contributed by atoms with Crippen LogP contribution in [0.25, 0.3) is 0 Å². The fourth-order valence-corrected chi connectivity index (χ4v) is 4.02. The summed E-state index contributed by atoms with van der Waals surface area (Å²) in [6, 6.07) is 7.60. The van der Waals surface area contributed by atoms with Crippen LogP contribution in [0, 0.1) is 6.92 Å². The smallest absolute Gasteiger partial charge is 0.235 e. The lowest BCUT2D eigenvalue weighted by molar-refractivity contribution is 0.542. The standard InChI is InChI=1S/C13H20N2O2S/c1-11-4-6-13(7-5-11)15-12(2)10-14-8-3-9-18(15,16)17/h4-7,12,14H,3,8-10H2,1-2H3. The van der Waals surface area contributed by atoms with Crippen LogP contribution in [0.2, 0.25) is 0 Å². The van der Waals surface area contributed by atoms with Crippen molar-refractivity contribution >= 4 is 15.7 Å². The van der Waals surface area contributed by atoms with Crippen molar-refractivity contribution in [1.29, 1.82) is 0 Å². The van der Waals surface area contributed by atoms with Gasteiger partial charge in [-0.05, 0) is 38.9 Å². The van der Waals surface area contributed by atoms with Gasteiger partial charge in [-0.1, -0.05) is 17.7 Å². The topological polar surface area (TPSA) is 49.4 Å². The molecular weight excluding hydrogens is 248 g/mol. The molecule has 1 heterocycles. The Morgan fingerprint density at radius 3 is 2.61 bits per heavy atom. The second kappa shape index (κ2) is 5.28. The van der Waals surface area contributed by atoms with Gasteiger partial charge in [-0.15, -0.1) is 0 Å². The lowest BCUT2D eigenvalue weighted by Crippen LogP contribution is -2.47. The van der Waals surface area contributed by atoms with Crippen LogP contribution in [0.1, 0.15) is 18.9 Å². The Labute approximate surface area is 109 Å². The van der Waals surface area contributed by atoms with Gasteiger partial charge < -0.3 is 5.32 Å². The van der Waals surface area contributed by atoms with Gasteiger partial charge in [0.2, 0.25) is 10.0 Å². The normalized spacial score (nSPS) is 24.3. The van der Waals surface area contributed by atoms with Gasteiger partial charge in [-0.25, -0.2) is 8.42 Å². The molecule has 0 radical (unpaired) electrons. The molecule has 0 bridgehead atoms. The molecule has 0 spiro atoms. The average molecular weight is 268 g/mol. The van der Waals surface area contributed by atoms with E-state index in [2.05, 4.69) is 5.32 Å². The van der Waals surface area contributed by atoms with Crippen LogP contribution >= 0.6 is 0 Å². The molecule has 5 heteroatoms. The van der Waals surface area contributed by atoms with E-state index < -0.39 is 10.0 Å². The first-order valence-corrected chi connectivity index (χ1v) is 7.91. The van der Waals surface area contributed by atoms with Crippen LogP contribution in [-0.4, -0.2) is 33.3 Å². The SMILES string of the molecule is Cc1ccc(N2C(C)CNCCCS2(=O)=O)cc1. The number of aryl methyl sites for hydroxylation is 1. The summed E-state index contributed by atoms with van der Waals surface area (Å²) in [5.74, 6) is 0.207. The van der Waals surface area contributed by atoms with Gasteiger partial charge in [-0.2, -0.15) is 0 Å². The van der Waals surface area contributed by atoms with Crippen LogP contribution in [0.5, 0.6) is 0 Å². The van der Waals surface area contributed by atoms with E-state index in [0.717, 1.165) is 17.8 Å². The number of sulfonamides is 1. The van der Waals surface area contributed by atoms with Crippen molar-refractivity contribution in [2.45, 2.75) is 26.3 Å². The first kappa shape index (κ1) is 13.4. The van der Waals surface area contributed by atoms with Crippen molar-refractivity contribution < 1.29 is 8.42 Å². The summed E-state index contributed by atoms with van der Waals surface area (Å²) in [7, 11) is -3.21. The number of anilines is 1. The lowest BCUT2D eigenvalue weighted by atomic mass is 10.2.